The second-order valence-corrected chi connectivity index (χ2v) is 9.46. The van der Waals surface area contributed by atoms with E-state index >= 15 is 0 Å². The summed E-state index contributed by atoms with van der Waals surface area (Å²) in [5.41, 5.74) is -2.59. The maximum atomic E-state index is 13.2. The molecule has 1 aliphatic rings. The number of sulfonamides is 1. The molecule has 2 aromatic carbocycles. The van der Waals surface area contributed by atoms with Gasteiger partial charge >= 0.3 is 11.8 Å². The van der Waals surface area contributed by atoms with Crippen molar-refractivity contribution in [3.8, 4) is 5.75 Å². The minimum Gasteiger partial charge on any atom is -0.484 e. The van der Waals surface area contributed by atoms with Gasteiger partial charge in [0.15, 0.2) is 6.61 Å². The molecule has 0 bridgehead atoms. The van der Waals surface area contributed by atoms with Gasteiger partial charge in [-0.3, -0.25) is 4.79 Å². The summed E-state index contributed by atoms with van der Waals surface area (Å²) in [7, 11) is -3.66. The monoisotopic (exact) mass is 496 g/mol. The smallest absolute Gasteiger partial charge is 0.417 e. The molecule has 0 atom stereocenters. The molecule has 0 N–H and O–H groups in total. The Kier molecular flexibility index (Phi) is 6.36. The summed E-state index contributed by atoms with van der Waals surface area (Å²) in [5.74, 6) is -0.365. The second-order valence-electron chi connectivity index (χ2n) is 7.52. The van der Waals surface area contributed by atoms with Gasteiger partial charge in [0.05, 0.1) is 10.5 Å². The number of fused-ring (bicyclic) bond motifs is 1. The largest absolute Gasteiger partial charge is 0.484 e. The van der Waals surface area contributed by atoms with Crippen molar-refractivity contribution in [1.29, 1.82) is 0 Å². The number of amides is 1. The maximum Gasteiger partial charge on any atom is 0.417 e. The third kappa shape index (κ3) is 4.92. The number of hydrogen-bond donors (Lipinski definition) is 0. The van der Waals surface area contributed by atoms with Crippen molar-refractivity contribution in [2.24, 2.45) is 0 Å². The standard InChI is InChI=1S/C22H19F3N2O6S/c23-22(24,25)18-13-21(29)33-19-12-15(6-7-17(18)19)32-14-20(28)26-8-10-27(11-9-26)34(30,31)16-4-2-1-3-5-16/h1-7,12-13H,8-11,14H2. The molecule has 1 fully saturated rings. The average molecular weight is 496 g/mol. The van der Waals surface area contributed by atoms with E-state index in [4.69, 9.17) is 9.15 Å². The molecular weight excluding hydrogens is 477 g/mol. The Labute approximate surface area is 192 Å². The molecule has 4 rings (SSSR count). The summed E-state index contributed by atoms with van der Waals surface area (Å²) in [5, 5.41) is -0.304. The van der Waals surface area contributed by atoms with E-state index in [1.165, 1.54) is 27.4 Å². The maximum absolute atomic E-state index is 13.2. The molecule has 0 aliphatic carbocycles. The zero-order chi connectivity index (χ0) is 24.5. The van der Waals surface area contributed by atoms with Gasteiger partial charge in [-0.1, -0.05) is 18.2 Å². The predicted molar refractivity (Wildman–Crippen MR) is 115 cm³/mol. The molecule has 1 aromatic heterocycles. The molecule has 8 nitrogen and oxygen atoms in total. The van der Waals surface area contributed by atoms with E-state index in [1.807, 2.05) is 0 Å². The highest BCUT2D eigenvalue weighted by Crippen LogP contribution is 2.34. The lowest BCUT2D eigenvalue weighted by molar-refractivity contribution is -0.136. The molecule has 0 saturated carbocycles. The van der Waals surface area contributed by atoms with Gasteiger partial charge in [0, 0.05) is 43.7 Å². The molecule has 180 valence electrons. The van der Waals surface area contributed by atoms with Gasteiger partial charge in [0.1, 0.15) is 11.3 Å². The van der Waals surface area contributed by atoms with Gasteiger partial charge in [-0.05, 0) is 24.3 Å². The normalized spacial score (nSPS) is 15.4. The number of hydrogen-bond acceptors (Lipinski definition) is 6. The van der Waals surface area contributed by atoms with Crippen LogP contribution in [0.1, 0.15) is 5.56 Å². The fourth-order valence-electron chi connectivity index (χ4n) is 3.62. The fraction of sp³-hybridized carbons (Fsp3) is 0.273. The van der Waals surface area contributed by atoms with E-state index in [0.29, 0.717) is 6.07 Å². The first-order valence-electron chi connectivity index (χ1n) is 10.2. The van der Waals surface area contributed by atoms with E-state index in [0.717, 1.165) is 12.1 Å². The lowest BCUT2D eigenvalue weighted by Gasteiger charge is -2.33. The van der Waals surface area contributed by atoms with Crippen LogP contribution in [0.2, 0.25) is 0 Å². The summed E-state index contributed by atoms with van der Waals surface area (Å²) in [6.07, 6.45) is -4.73. The summed E-state index contributed by atoms with van der Waals surface area (Å²) in [6.45, 7) is 0.139. The van der Waals surface area contributed by atoms with Crippen molar-refractivity contribution < 1.29 is 35.5 Å². The lowest BCUT2D eigenvalue weighted by atomic mass is 10.1. The Morgan fingerprint density at radius 3 is 2.32 bits per heavy atom. The molecule has 2 heterocycles. The predicted octanol–water partition coefficient (Wildman–Crippen LogP) is 2.72. The number of benzene rings is 2. The zero-order valence-electron chi connectivity index (χ0n) is 17.6. The van der Waals surface area contributed by atoms with Crippen LogP contribution in [0.15, 0.2) is 68.7 Å². The van der Waals surface area contributed by atoms with E-state index in [9.17, 15) is 31.2 Å². The summed E-state index contributed by atoms with van der Waals surface area (Å²) in [6, 6.07) is 11.8. The topological polar surface area (TPSA) is 97.1 Å². The second kappa shape index (κ2) is 9.11. The number of carbonyl (C=O) groups is 1. The minimum atomic E-state index is -4.73. The molecule has 3 aromatic rings. The molecule has 0 unspecified atom stereocenters. The van der Waals surface area contributed by atoms with Gasteiger partial charge in [-0.15, -0.1) is 0 Å². The van der Waals surface area contributed by atoms with E-state index in [-0.39, 0.29) is 47.8 Å². The molecule has 1 amide bonds. The van der Waals surface area contributed by atoms with Crippen LogP contribution >= 0.6 is 0 Å². The minimum absolute atomic E-state index is 0.0496. The fourth-order valence-corrected chi connectivity index (χ4v) is 5.07. The van der Waals surface area contributed by atoms with Crippen LogP contribution in [0.4, 0.5) is 13.2 Å². The lowest BCUT2D eigenvalue weighted by Crippen LogP contribution is -2.51. The highest BCUT2D eigenvalue weighted by Gasteiger charge is 2.34. The van der Waals surface area contributed by atoms with Crippen LogP contribution in [0, 0.1) is 0 Å². The van der Waals surface area contributed by atoms with Crippen LogP contribution in [0.5, 0.6) is 5.75 Å². The first kappa shape index (κ1) is 23.8. The molecule has 1 aliphatic heterocycles. The Hall–Kier alpha value is -3.38. The molecule has 0 spiro atoms. The number of rotatable bonds is 5. The van der Waals surface area contributed by atoms with Crippen molar-refractivity contribution in [2.45, 2.75) is 11.1 Å². The van der Waals surface area contributed by atoms with Crippen LogP contribution in [-0.4, -0.2) is 56.3 Å². The Balaban J connectivity index is 1.39. The highest BCUT2D eigenvalue weighted by molar-refractivity contribution is 7.89. The number of carbonyl (C=O) groups excluding carboxylic acids is 1. The molecule has 12 heteroatoms. The third-order valence-electron chi connectivity index (χ3n) is 5.36. The highest BCUT2D eigenvalue weighted by atomic mass is 32.2. The van der Waals surface area contributed by atoms with E-state index in [2.05, 4.69) is 0 Å². The van der Waals surface area contributed by atoms with Gasteiger partial charge < -0.3 is 14.1 Å². The van der Waals surface area contributed by atoms with Crippen molar-refractivity contribution >= 4 is 26.9 Å². The van der Waals surface area contributed by atoms with Gasteiger partial charge in [0.2, 0.25) is 10.0 Å². The van der Waals surface area contributed by atoms with Crippen LogP contribution in [0.3, 0.4) is 0 Å². The molecule has 1 saturated heterocycles. The van der Waals surface area contributed by atoms with Crippen molar-refractivity contribution in [1.82, 2.24) is 9.21 Å². The Bertz CT molecular complexity index is 1360. The number of piperazine rings is 1. The van der Waals surface area contributed by atoms with Gasteiger partial charge in [-0.25, -0.2) is 13.2 Å². The van der Waals surface area contributed by atoms with Gasteiger partial charge in [-0.2, -0.15) is 17.5 Å². The Morgan fingerprint density at radius 2 is 1.68 bits per heavy atom. The van der Waals surface area contributed by atoms with Crippen LogP contribution in [0.25, 0.3) is 11.0 Å². The SMILES string of the molecule is O=C(COc1ccc2c(C(F)(F)F)cc(=O)oc2c1)N1CCN(S(=O)(=O)c2ccccc2)CC1. The summed E-state index contributed by atoms with van der Waals surface area (Å²) in [4.78, 5) is 25.6. The van der Waals surface area contributed by atoms with Gasteiger partial charge in [0.25, 0.3) is 5.91 Å². The summed E-state index contributed by atoms with van der Waals surface area (Å²) < 4.78 is 76.4. The first-order chi connectivity index (χ1) is 16.1. The number of ether oxygens (including phenoxy) is 1. The van der Waals surface area contributed by atoms with E-state index < -0.39 is 39.9 Å². The zero-order valence-corrected chi connectivity index (χ0v) is 18.4. The first-order valence-corrected chi connectivity index (χ1v) is 11.6. The number of alkyl halides is 3. The van der Waals surface area contributed by atoms with Crippen LogP contribution < -0.4 is 10.4 Å². The number of nitrogens with zero attached hydrogens (tertiary/aromatic N) is 2. The van der Waals surface area contributed by atoms with Crippen molar-refractivity contribution in [2.75, 3.05) is 32.8 Å². The average Bonchev–Trinajstić information content (AvgIpc) is 2.81. The number of halogens is 3. The Morgan fingerprint density at radius 1 is 1.00 bits per heavy atom. The van der Waals surface area contributed by atoms with Crippen LogP contribution in [-0.2, 0) is 21.0 Å². The quantitative estimate of drug-likeness (QED) is 0.504. The molecular formula is C22H19F3N2O6S. The van der Waals surface area contributed by atoms with E-state index in [1.54, 1.807) is 18.2 Å². The summed E-state index contributed by atoms with van der Waals surface area (Å²) >= 11 is 0. The van der Waals surface area contributed by atoms with Crippen molar-refractivity contribution in [3.63, 3.8) is 0 Å². The third-order valence-corrected chi connectivity index (χ3v) is 7.27. The molecule has 0 radical (unpaired) electrons. The molecule has 34 heavy (non-hydrogen) atoms. The van der Waals surface area contributed by atoms with Crippen molar-refractivity contribution in [3.05, 3.63) is 70.6 Å².